The molecular weight excluding hydrogens is 107 g/mol. The third-order valence-electron chi connectivity index (χ3n) is 1.20. The van der Waals surface area contributed by atoms with Gasteiger partial charge in [-0.25, -0.2) is 0 Å². The first-order valence-corrected chi connectivity index (χ1v) is 3.93. The van der Waals surface area contributed by atoms with E-state index in [1.165, 1.54) is 0 Å². The van der Waals surface area contributed by atoms with Gasteiger partial charge in [0.05, 0.1) is 8.15 Å². The Labute approximate surface area is 44.9 Å². The molecule has 1 aliphatic rings. The Balaban J connectivity index is 2.48. The molecule has 0 bridgehead atoms. The van der Waals surface area contributed by atoms with Gasteiger partial charge in [0.25, 0.3) is 0 Å². The van der Waals surface area contributed by atoms with E-state index in [0.29, 0.717) is 0 Å². The van der Waals surface area contributed by atoms with Gasteiger partial charge >= 0.3 is 0 Å². The summed E-state index contributed by atoms with van der Waals surface area (Å²) >= 11 is 0. The van der Waals surface area contributed by atoms with E-state index in [0.717, 1.165) is 24.3 Å². The van der Waals surface area contributed by atoms with Crippen molar-refractivity contribution in [1.82, 2.24) is 0 Å². The smallest absolute Gasteiger partial charge is 0.0516 e. The van der Waals surface area contributed by atoms with Crippen LogP contribution in [-0.4, -0.2) is 11.1 Å². The molecule has 0 radical (unpaired) electrons. The van der Waals surface area contributed by atoms with Gasteiger partial charge in [0.2, 0.25) is 0 Å². The van der Waals surface area contributed by atoms with Gasteiger partial charge in [-0.05, 0) is 24.3 Å². The van der Waals surface area contributed by atoms with Crippen LogP contribution in [0.3, 0.4) is 0 Å². The first-order valence-electron chi connectivity index (χ1n) is 2.45. The van der Waals surface area contributed by atoms with Gasteiger partial charge in [0, 0.05) is 0 Å². The third-order valence-corrected chi connectivity index (χ3v) is 2.89. The molecule has 1 heterocycles. The van der Waals surface area contributed by atoms with Crippen LogP contribution in [0.25, 0.3) is 0 Å². The van der Waals surface area contributed by atoms with Crippen LogP contribution in [-0.2, 0) is 0 Å². The maximum atomic E-state index is 8.96. The fraction of sp³-hybridized carbons (Fsp3) is 0.600. The summed E-state index contributed by atoms with van der Waals surface area (Å²) in [5.41, 5.74) is 0. The van der Waals surface area contributed by atoms with Crippen LogP contribution in [0.4, 0.5) is 0 Å². The van der Waals surface area contributed by atoms with E-state index in [1.54, 1.807) is 0 Å². The van der Waals surface area contributed by atoms with Crippen LogP contribution in [0.5, 0.6) is 0 Å². The lowest BCUT2D eigenvalue weighted by Gasteiger charge is -1.96. The quantitative estimate of drug-likeness (QED) is 0.477. The Morgan fingerprint density at radius 1 is 1.71 bits per heavy atom. The highest BCUT2D eigenvalue weighted by atomic mass is 31.1. The Hall–Kier alpha value is 0.130. The largest absolute Gasteiger partial charge is 0.369 e. The lowest BCUT2D eigenvalue weighted by atomic mass is 10.3. The second-order valence-electron chi connectivity index (χ2n) is 1.79. The van der Waals surface area contributed by atoms with Crippen molar-refractivity contribution in [1.29, 1.82) is 0 Å². The second kappa shape index (κ2) is 1.94. The van der Waals surface area contributed by atoms with E-state index in [-0.39, 0.29) is 0 Å². The van der Waals surface area contributed by atoms with Gasteiger partial charge in [0.15, 0.2) is 0 Å². The summed E-state index contributed by atoms with van der Waals surface area (Å²) < 4.78 is 0. The zero-order valence-electron chi connectivity index (χ0n) is 4.22. The van der Waals surface area contributed by atoms with Crippen molar-refractivity contribution in [2.45, 2.75) is 12.8 Å². The molecule has 7 heavy (non-hydrogen) atoms. The van der Waals surface area contributed by atoms with E-state index < -0.39 is 8.15 Å². The molecule has 1 rings (SSSR count). The maximum Gasteiger partial charge on any atom is 0.0516 e. The molecule has 1 fully saturated rings. The van der Waals surface area contributed by atoms with Crippen LogP contribution in [0, 0.1) is 0 Å². The number of hydrogen-bond donors (Lipinski definition) is 1. The van der Waals surface area contributed by atoms with Gasteiger partial charge in [0.1, 0.15) is 0 Å². The summed E-state index contributed by atoms with van der Waals surface area (Å²) in [5, 5.41) is 1.08. The first-order chi connectivity index (χ1) is 3.30. The topological polar surface area (TPSA) is 20.2 Å². The van der Waals surface area contributed by atoms with Gasteiger partial charge in [-0.15, -0.1) is 0 Å². The average Bonchev–Trinajstić information content (AvgIpc) is 1.91. The van der Waals surface area contributed by atoms with Crippen molar-refractivity contribution in [3.05, 3.63) is 11.9 Å². The lowest BCUT2D eigenvalue weighted by Crippen LogP contribution is -1.65. The van der Waals surface area contributed by atoms with E-state index in [1.807, 2.05) is 0 Å². The van der Waals surface area contributed by atoms with Crippen LogP contribution in [0.2, 0.25) is 0 Å². The summed E-state index contributed by atoms with van der Waals surface area (Å²) in [6, 6.07) is 0. The van der Waals surface area contributed by atoms with Crippen molar-refractivity contribution < 1.29 is 4.89 Å². The highest BCUT2D eigenvalue weighted by Gasteiger charge is 2.14. The standard InChI is InChI=1S/C5H9OP/c1-5-3-2-4-7(5)6/h6H,1-4H2. The van der Waals surface area contributed by atoms with Gasteiger partial charge in [-0.3, -0.25) is 0 Å². The summed E-state index contributed by atoms with van der Waals surface area (Å²) in [6.07, 6.45) is 3.21. The highest BCUT2D eigenvalue weighted by Crippen LogP contribution is 2.48. The van der Waals surface area contributed by atoms with Crippen molar-refractivity contribution in [2.24, 2.45) is 0 Å². The molecule has 1 saturated heterocycles. The molecule has 1 atom stereocenters. The molecule has 1 nitrogen and oxygen atoms in total. The Morgan fingerprint density at radius 3 is 2.57 bits per heavy atom. The number of rotatable bonds is 0. The number of allylic oxidation sites excluding steroid dienone is 1. The van der Waals surface area contributed by atoms with Crippen LogP contribution in [0.15, 0.2) is 11.9 Å². The van der Waals surface area contributed by atoms with Crippen molar-refractivity contribution in [2.75, 3.05) is 6.16 Å². The van der Waals surface area contributed by atoms with Gasteiger partial charge in [-0.1, -0.05) is 6.58 Å². The predicted molar refractivity (Wildman–Crippen MR) is 32.4 cm³/mol. The summed E-state index contributed by atoms with van der Waals surface area (Å²) in [7, 11) is -0.721. The molecule has 0 saturated carbocycles. The van der Waals surface area contributed by atoms with Gasteiger partial charge < -0.3 is 4.89 Å². The minimum Gasteiger partial charge on any atom is -0.369 e. The third kappa shape index (κ3) is 1.02. The number of hydrogen-bond acceptors (Lipinski definition) is 1. The molecule has 0 amide bonds. The molecule has 0 aliphatic carbocycles. The SMILES string of the molecule is C=C1CCCP1O. The minimum atomic E-state index is -0.721. The first kappa shape index (κ1) is 5.27. The van der Waals surface area contributed by atoms with Crippen molar-refractivity contribution in [3.63, 3.8) is 0 Å². The monoisotopic (exact) mass is 116 g/mol. The molecule has 1 aliphatic heterocycles. The normalized spacial score (nSPS) is 31.6. The Morgan fingerprint density at radius 2 is 2.43 bits per heavy atom. The molecule has 2 heteroatoms. The molecule has 1 unspecified atom stereocenters. The molecule has 0 spiro atoms. The predicted octanol–water partition coefficient (Wildman–Crippen LogP) is 1.68. The molecular formula is C5H9OP. The minimum absolute atomic E-state index is 0.721. The Kier molecular flexibility index (Phi) is 1.46. The van der Waals surface area contributed by atoms with Crippen LogP contribution >= 0.6 is 8.15 Å². The van der Waals surface area contributed by atoms with E-state index >= 15 is 0 Å². The molecule has 0 aromatic carbocycles. The zero-order valence-corrected chi connectivity index (χ0v) is 5.12. The summed E-state index contributed by atoms with van der Waals surface area (Å²) in [6.45, 7) is 3.71. The molecule has 40 valence electrons. The summed E-state index contributed by atoms with van der Waals surface area (Å²) in [4.78, 5) is 8.96. The van der Waals surface area contributed by atoms with Crippen LogP contribution < -0.4 is 0 Å². The average molecular weight is 116 g/mol. The van der Waals surface area contributed by atoms with Crippen LogP contribution in [0.1, 0.15) is 12.8 Å². The summed E-state index contributed by atoms with van der Waals surface area (Å²) in [5.74, 6) is 0. The van der Waals surface area contributed by atoms with Gasteiger partial charge in [-0.2, -0.15) is 0 Å². The van der Waals surface area contributed by atoms with Crippen molar-refractivity contribution in [3.8, 4) is 0 Å². The van der Waals surface area contributed by atoms with E-state index in [2.05, 4.69) is 6.58 Å². The zero-order chi connectivity index (χ0) is 5.28. The fourth-order valence-corrected chi connectivity index (χ4v) is 1.91. The molecule has 1 N–H and O–H groups in total. The Bertz CT molecular complexity index is 90.1. The van der Waals surface area contributed by atoms with E-state index in [4.69, 9.17) is 4.89 Å². The second-order valence-corrected chi connectivity index (χ2v) is 3.67. The molecule has 0 aromatic heterocycles. The lowest BCUT2D eigenvalue weighted by molar-refractivity contribution is 0.635. The molecule has 0 aromatic rings. The van der Waals surface area contributed by atoms with Crippen molar-refractivity contribution >= 4 is 8.15 Å². The van der Waals surface area contributed by atoms with E-state index in [9.17, 15) is 0 Å². The highest BCUT2D eigenvalue weighted by molar-refractivity contribution is 7.56. The fourth-order valence-electron chi connectivity index (χ4n) is 0.720. The maximum absolute atomic E-state index is 8.96.